The Balaban J connectivity index is -0.000000225. The molecule has 0 aliphatic heterocycles. The van der Waals surface area contributed by atoms with Gasteiger partial charge in [0.05, 0.1) is 52.9 Å². The van der Waals surface area contributed by atoms with Crippen LogP contribution in [0.15, 0.2) is 0 Å². The molecule has 0 radical (unpaired) electrons. The van der Waals surface area contributed by atoms with E-state index in [0.29, 0.717) is 52.9 Å². The summed E-state index contributed by atoms with van der Waals surface area (Å²) in [5.41, 5.74) is 0. The first-order chi connectivity index (χ1) is 13.0. The molecule has 9 nitrogen and oxygen atoms in total. The Kier molecular flexibility index (Phi) is 43.9. The minimum atomic E-state index is -0.347. The zero-order chi connectivity index (χ0) is 20.3. The van der Waals surface area contributed by atoms with Gasteiger partial charge in [0.2, 0.25) is 0 Å². The third-order valence-corrected chi connectivity index (χ3v) is 3.41. The first-order valence-electron chi connectivity index (χ1n) is 9.39. The molecule has 0 saturated carbocycles. The van der Waals surface area contributed by atoms with Crippen molar-refractivity contribution in [3.8, 4) is 0 Å². The van der Waals surface area contributed by atoms with E-state index >= 15 is 0 Å². The van der Waals surface area contributed by atoms with Crippen molar-refractivity contribution in [1.82, 2.24) is 0 Å². The van der Waals surface area contributed by atoms with E-state index in [9.17, 15) is 15.3 Å². The number of rotatable bonds is 20. The molecular weight excluding hydrogens is 477 g/mol. The number of hydrogen-bond acceptors (Lipinski definition) is 9. The summed E-state index contributed by atoms with van der Waals surface area (Å²) in [6, 6.07) is 0. The van der Waals surface area contributed by atoms with Gasteiger partial charge in [0, 0.05) is 18.3 Å². The van der Waals surface area contributed by atoms with Crippen LogP contribution in [0, 0.1) is 0 Å². The molecule has 12 heteroatoms. The van der Waals surface area contributed by atoms with Crippen LogP contribution in [0.25, 0.3) is 0 Å². The second kappa shape index (κ2) is 31.6. The van der Waals surface area contributed by atoms with Crippen molar-refractivity contribution in [2.24, 2.45) is 0 Å². The van der Waals surface area contributed by atoms with Gasteiger partial charge >= 0.3 is 154 Å². The molecule has 0 aliphatic carbocycles. The summed E-state index contributed by atoms with van der Waals surface area (Å²) < 4.78 is 32.5. The van der Waals surface area contributed by atoms with Crippen LogP contribution in [0.4, 0.5) is 0 Å². The van der Waals surface area contributed by atoms with Gasteiger partial charge < -0.3 is 48.0 Å². The summed E-state index contributed by atoms with van der Waals surface area (Å²) in [5, 5.41) is 31.8. The minimum absolute atomic E-state index is 0. The first kappa shape index (κ1) is 41.7. The van der Waals surface area contributed by atoms with E-state index in [1.54, 1.807) is 20.8 Å². The third kappa shape index (κ3) is 28.8. The SMILES string of the molecule is CC(C[O-])OCCOCC(COCCOC(C)C[O-])OCCOC(C)C[O-].[3H-].[3H-].[3H-].[K+].[K+].[K+]. The smallest absolute Gasteiger partial charge is 1.00 e. The summed E-state index contributed by atoms with van der Waals surface area (Å²) >= 11 is 0. The molecule has 0 heterocycles. The van der Waals surface area contributed by atoms with Gasteiger partial charge in [-0.3, -0.25) is 0 Å². The molecule has 0 aromatic heterocycles. The Morgan fingerprint density at radius 2 is 0.833 bits per heavy atom. The summed E-state index contributed by atoms with van der Waals surface area (Å²) in [6.07, 6.45) is -1.33. The fourth-order valence-electron chi connectivity index (χ4n) is 1.80. The van der Waals surface area contributed by atoms with Crippen LogP contribution in [0.2, 0.25) is 0 Å². The van der Waals surface area contributed by atoms with Gasteiger partial charge in [-0.25, -0.2) is 0 Å². The van der Waals surface area contributed by atoms with E-state index in [1.807, 2.05) is 0 Å². The Hall–Kier alpha value is 4.55. The largest absolute Gasteiger partial charge is 1.00 e. The molecule has 0 spiro atoms. The van der Waals surface area contributed by atoms with Crippen LogP contribution in [-0.4, -0.2) is 97.1 Å². The zero-order valence-electron chi connectivity index (χ0n) is 22.8. The van der Waals surface area contributed by atoms with Crippen molar-refractivity contribution in [2.75, 3.05) is 72.7 Å². The number of hydrogen-bond donors (Lipinski definition) is 0. The Labute approximate surface area is 313 Å². The third-order valence-electron chi connectivity index (χ3n) is 3.41. The molecule has 0 aromatic rings. The molecule has 30 heavy (non-hydrogen) atoms. The van der Waals surface area contributed by atoms with Gasteiger partial charge in [0.25, 0.3) is 0 Å². The van der Waals surface area contributed by atoms with Crippen LogP contribution in [0.3, 0.4) is 0 Å². The van der Waals surface area contributed by atoms with Gasteiger partial charge in [0.15, 0.2) is 0 Å². The Bertz CT molecular complexity index is 315. The molecule has 170 valence electrons. The van der Waals surface area contributed by atoms with Crippen LogP contribution in [0.5, 0.6) is 0 Å². The molecule has 0 saturated heterocycles. The van der Waals surface area contributed by atoms with E-state index in [-0.39, 0.29) is 203 Å². The van der Waals surface area contributed by atoms with E-state index in [1.165, 1.54) is 0 Å². The minimum Gasteiger partial charge on any atom is -1.00 e. The van der Waals surface area contributed by atoms with Crippen LogP contribution >= 0.6 is 0 Å². The molecule has 0 rings (SSSR count). The summed E-state index contributed by atoms with van der Waals surface area (Å²) in [6.45, 7) is 6.86. The average molecular weight is 522 g/mol. The van der Waals surface area contributed by atoms with Crippen molar-refractivity contribution in [1.29, 1.82) is 0 Å². The van der Waals surface area contributed by atoms with Gasteiger partial charge in [-0.1, -0.05) is 0 Å². The monoisotopic (exact) mass is 521 g/mol. The molecule has 0 aliphatic rings. The fraction of sp³-hybridized carbons (Fsp3) is 1.00. The molecule has 0 bridgehead atoms. The van der Waals surface area contributed by atoms with E-state index in [0.717, 1.165) is 0 Å². The molecular formula is C18H38K3O9-3. The molecule has 3 atom stereocenters. The maximum Gasteiger partial charge on any atom is 1.00 e. The Morgan fingerprint density at radius 3 is 1.17 bits per heavy atom. The van der Waals surface area contributed by atoms with Crippen molar-refractivity contribution >= 4 is 0 Å². The summed E-state index contributed by atoms with van der Waals surface area (Å²) in [7, 11) is 0. The van der Waals surface area contributed by atoms with Crippen molar-refractivity contribution in [3.05, 3.63) is 0 Å². The predicted molar refractivity (Wildman–Crippen MR) is 95.6 cm³/mol. The number of ether oxygens (including phenoxy) is 6. The van der Waals surface area contributed by atoms with Gasteiger partial charge in [-0.2, -0.15) is 0 Å². The van der Waals surface area contributed by atoms with E-state index in [4.69, 9.17) is 28.4 Å². The second-order valence-electron chi connectivity index (χ2n) is 6.19. The molecule has 0 fully saturated rings. The van der Waals surface area contributed by atoms with Gasteiger partial charge in [-0.15, -0.1) is 19.8 Å². The summed E-state index contributed by atoms with van der Waals surface area (Å²) in [5.74, 6) is 0. The van der Waals surface area contributed by atoms with E-state index < -0.39 is 0 Å². The predicted octanol–water partition coefficient (Wildman–Crippen LogP) is -10.9. The van der Waals surface area contributed by atoms with Crippen molar-refractivity contribution in [3.63, 3.8) is 0 Å². The van der Waals surface area contributed by atoms with Gasteiger partial charge in [0.1, 0.15) is 6.10 Å². The fourth-order valence-corrected chi connectivity index (χ4v) is 1.80. The average Bonchev–Trinajstić information content (AvgIpc) is 2.68. The molecule has 3 unspecified atom stereocenters. The van der Waals surface area contributed by atoms with Gasteiger partial charge in [-0.05, 0) is 20.8 Å². The zero-order valence-corrected chi connectivity index (χ0v) is 29.1. The molecule has 0 amide bonds. The summed E-state index contributed by atoms with van der Waals surface area (Å²) in [4.78, 5) is 0. The maximum atomic E-state index is 10.6. The van der Waals surface area contributed by atoms with Crippen LogP contribution in [-0.2, 0) is 28.4 Å². The van der Waals surface area contributed by atoms with E-state index in [2.05, 4.69) is 0 Å². The molecule has 0 aromatic carbocycles. The van der Waals surface area contributed by atoms with Crippen molar-refractivity contribution < 1.29 is 202 Å². The van der Waals surface area contributed by atoms with Crippen LogP contribution in [0.1, 0.15) is 25.1 Å². The Morgan fingerprint density at radius 1 is 0.533 bits per heavy atom. The first-order valence-corrected chi connectivity index (χ1v) is 9.39. The topological polar surface area (TPSA) is 125 Å². The normalized spacial score (nSPS) is 14.6. The second-order valence-corrected chi connectivity index (χ2v) is 6.19. The quantitative estimate of drug-likeness (QED) is 0.113. The maximum absolute atomic E-state index is 10.6. The standard InChI is InChI=1S/C18H35O9.3K.3H/c1-15(10-19)24-6-4-22-13-18(27-9-8-26-17(3)12-21)14-23-5-7-25-16(2)11-20;;;;;;/h15-18H,4-14H2,1-3H3;;;;;;/q-3;3*+1;3*-1/i;;;;3*1+2. The molecule has 0 N–H and O–H groups in total. The van der Waals surface area contributed by atoms with Crippen molar-refractivity contribution in [2.45, 2.75) is 45.2 Å². The van der Waals surface area contributed by atoms with Crippen LogP contribution < -0.4 is 169 Å².